The van der Waals surface area contributed by atoms with E-state index in [1.165, 1.54) is 12.1 Å². The van der Waals surface area contributed by atoms with Gasteiger partial charge in [0.05, 0.1) is 8.04 Å². The lowest BCUT2D eigenvalue weighted by Gasteiger charge is -2.07. The van der Waals surface area contributed by atoms with Crippen LogP contribution in [0, 0.1) is 9.39 Å². The lowest BCUT2D eigenvalue weighted by atomic mass is 10.1. The van der Waals surface area contributed by atoms with Crippen LogP contribution in [0.2, 0.25) is 0 Å². The van der Waals surface area contributed by atoms with Crippen LogP contribution < -0.4 is 0 Å². The number of aliphatic hydroxyl groups is 1. The summed E-state index contributed by atoms with van der Waals surface area (Å²) in [5.41, 5.74) is 0.148. The lowest BCUT2D eigenvalue weighted by molar-refractivity contribution is -0.146. The van der Waals surface area contributed by atoms with Crippen LogP contribution in [-0.2, 0) is 4.79 Å². The van der Waals surface area contributed by atoms with Crippen molar-refractivity contribution in [3.8, 4) is 0 Å². The molecule has 0 aromatic heterocycles. The van der Waals surface area contributed by atoms with E-state index in [2.05, 4.69) is 15.9 Å². The Hall–Kier alpha value is -0.210. The summed E-state index contributed by atoms with van der Waals surface area (Å²) in [7, 11) is 0. The molecule has 1 aromatic rings. The molecule has 76 valence electrons. The molecule has 0 saturated carbocycles. The van der Waals surface area contributed by atoms with Crippen molar-refractivity contribution in [2.75, 3.05) is 0 Å². The van der Waals surface area contributed by atoms with E-state index in [0.717, 1.165) is 0 Å². The molecule has 0 saturated heterocycles. The maximum Gasteiger partial charge on any atom is 0.337 e. The van der Waals surface area contributed by atoms with E-state index >= 15 is 0 Å². The van der Waals surface area contributed by atoms with Crippen molar-refractivity contribution in [2.45, 2.75) is 6.10 Å². The second kappa shape index (κ2) is 4.54. The van der Waals surface area contributed by atoms with Crippen LogP contribution in [0.4, 0.5) is 4.39 Å². The van der Waals surface area contributed by atoms with Crippen molar-refractivity contribution in [1.29, 1.82) is 0 Å². The highest BCUT2D eigenvalue weighted by atomic mass is 127. The van der Waals surface area contributed by atoms with Crippen LogP contribution in [0.15, 0.2) is 16.6 Å². The highest BCUT2D eigenvalue weighted by molar-refractivity contribution is 14.1. The van der Waals surface area contributed by atoms with E-state index < -0.39 is 17.9 Å². The van der Waals surface area contributed by atoms with Crippen molar-refractivity contribution in [2.24, 2.45) is 0 Å². The van der Waals surface area contributed by atoms with Gasteiger partial charge in [-0.2, -0.15) is 0 Å². The zero-order chi connectivity index (χ0) is 10.9. The van der Waals surface area contributed by atoms with E-state index in [1.807, 2.05) is 0 Å². The molecule has 1 unspecified atom stereocenters. The Balaban J connectivity index is 3.19. The van der Waals surface area contributed by atoms with Gasteiger partial charge in [-0.3, -0.25) is 0 Å². The Labute approximate surface area is 101 Å². The van der Waals surface area contributed by atoms with Crippen LogP contribution >= 0.6 is 38.5 Å². The number of halogens is 3. The fraction of sp³-hybridized carbons (Fsp3) is 0.125. The number of hydrogen-bond donors (Lipinski definition) is 2. The quantitative estimate of drug-likeness (QED) is 0.617. The first-order valence-electron chi connectivity index (χ1n) is 3.48. The Morgan fingerprint density at radius 1 is 1.57 bits per heavy atom. The number of aliphatic hydroxyl groups excluding tert-OH is 1. The van der Waals surface area contributed by atoms with E-state index in [9.17, 15) is 14.3 Å². The van der Waals surface area contributed by atoms with E-state index in [0.29, 0.717) is 0 Å². The molecular formula is C8H5BrFIO3. The Bertz CT molecular complexity index is 360. The molecule has 1 rings (SSSR count). The second-order valence-electron chi connectivity index (χ2n) is 2.54. The molecular weight excluding hydrogens is 370 g/mol. The average molecular weight is 375 g/mol. The third-order valence-corrected chi connectivity index (χ3v) is 2.92. The van der Waals surface area contributed by atoms with Gasteiger partial charge in [0.25, 0.3) is 0 Å². The van der Waals surface area contributed by atoms with Crippen LogP contribution in [0.5, 0.6) is 0 Å². The first-order valence-corrected chi connectivity index (χ1v) is 5.36. The summed E-state index contributed by atoms with van der Waals surface area (Å²) in [4.78, 5) is 10.4. The monoisotopic (exact) mass is 374 g/mol. The lowest BCUT2D eigenvalue weighted by Crippen LogP contribution is -2.11. The SMILES string of the molecule is O=C(O)C(O)c1cc(Br)c(F)c(I)c1. The second-order valence-corrected chi connectivity index (χ2v) is 4.56. The summed E-state index contributed by atoms with van der Waals surface area (Å²) in [6, 6.07) is 2.54. The van der Waals surface area contributed by atoms with Crippen molar-refractivity contribution in [3.63, 3.8) is 0 Å². The molecule has 0 aliphatic heterocycles. The van der Waals surface area contributed by atoms with E-state index in [1.54, 1.807) is 22.6 Å². The number of benzene rings is 1. The fourth-order valence-electron chi connectivity index (χ4n) is 0.876. The highest BCUT2D eigenvalue weighted by Gasteiger charge is 2.18. The van der Waals surface area contributed by atoms with Crippen molar-refractivity contribution < 1.29 is 19.4 Å². The first kappa shape index (κ1) is 11.9. The zero-order valence-electron chi connectivity index (χ0n) is 6.67. The summed E-state index contributed by atoms with van der Waals surface area (Å²) in [5, 5.41) is 17.7. The van der Waals surface area contributed by atoms with Gasteiger partial charge >= 0.3 is 5.97 Å². The third kappa shape index (κ3) is 2.43. The Morgan fingerprint density at radius 3 is 2.57 bits per heavy atom. The van der Waals surface area contributed by atoms with Crippen LogP contribution in [0.3, 0.4) is 0 Å². The summed E-state index contributed by atoms with van der Waals surface area (Å²) in [6.07, 6.45) is -1.62. The van der Waals surface area contributed by atoms with Gasteiger partial charge < -0.3 is 10.2 Å². The van der Waals surface area contributed by atoms with Gasteiger partial charge in [0, 0.05) is 0 Å². The molecule has 0 aliphatic carbocycles. The van der Waals surface area contributed by atoms with Gasteiger partial charge in [-0.25, -0.2) is 9.18 Å². The minimum absolute atomic E-state index is 0.139. The number of aliphatic carboxylic acids is 1. The fourth-order valence-corrected chi connectivity index (χ4v) is 2.37. The molecule has 0 bridgehead atoms. The number of rotatable bonds is 2. The summed E-state index contributed by atoms with van der Waals surface area (Å²) < 4.78 is 13.5. The maximum atomic E-state index is 13.1. The van der Waals surface area contributed by atoms with Gasteiger partial charge in [0.1, 0.15) is 0 Å². The topological polar surface area (TPSA) is 57.5 Å². The predicted molar refractivity (Wildman–Crippen MR) is 59.4 cm³/mol. The molecule has 0 heterocycles. The number of carboxylic acid groups (broad SMARTS) is 1. The van der Waals surface area contributed by atoms with Crippen molar-refractivity contribution >= 4 is 44.5 Å². The standard InChI is InChI=1S/C8H5BrFIO3/c9-4-1-3(7(12)8(13)14)2-5(11)6(4)10/h1-2,7,12H,(H,13,14). The number of carboxylic acids is 1. The third-order valence-electron chi connectivity index (χ3n) is 1.56. The number of hydrogen-bond acceptors (Lipinski definition) is 2. The summed E-state index contributed by atoms with van der Waals surface area (Å²) in [6.45, 7) is 0. The Morgan fingerprint density at radius 2 is 2.14 bits per heavy atom. The van der Waals surface area contributed by atoms with E-state index in [-0.39, 0.29) is 13.6 Å². The van der Waals surface area contributed by atoms with Gasteiger partial charge in [-0.15, -0.1) is 0 Å². The summed E-state index contributed by atoms with van der Waals surface area (Å²) >= 11 is 4.65. The molecule has 1 aromatic carbocycles. The smallest absolute Gasteiger partial charge is 0.337 e. The highest BCUT2D eigenvalue weighted by Crippen LogP contribution is 2.26. The van der Waals surface area contributed by atoms with Crippen molar-refractivity contribution in [3.05, 3.63) is 31.6 Å². The summed E-state index contributed by atoms with van der Waals surface area (Å²) in [5.74, 6) is -1.83. The normalized spacial score (nSPS) is 12.6. The molecule has 0 amide bonds. The van der Waals surface area contributed by atoms with Crippen LogP contribution in [0.1, 0.15) is 11.7 Å². The molecule has 6 heteroatoms. The number of carbonyl (C=O) groups is 1. The first-order chi connectivity index (χ1) is 6.43. The average Bonchev–Trinajstić information content (AvgIpc) is 2.12. The van der Waals surface area contributed by atoms with Crippen molar-refractivity contribution in [1.82, 2.24) is 0 Å². The molecule has 0 radical (unpaired) electrons. The molecule has 3 nitrogen and oxygen atoms in total. The minimum atomic E-state index is -1.62. The molecule has 14 heavy (non-hydrogen) atoms. The molecule has 0 fully saturated rings. The van der Waals surface area contributed by atoms with Crippen LogP contribution in [-0.4, -0.2) is 16.2 Å². The van der Waals surface area contributed by atoms with Gasteiger partial charge in [-0.1, -0.05) is 0 Å². The molecule has 1 atom stereocenters. The molecule has 0 aliphatic rings. The predicted octanol–water partition coefficient (Wildman–Crippen LogP) is 2.31. The van der Waals surface area contributed by atoms with Crippen LogP contribution in [0.25, 0.3) is 0 Å². The Kier molecular flexibility index (Phi) is 3.85. The maximum absolute atomic E-state index is 13.1. The van der Waals surface area contributed by atoms with Gasteiger partial charge in [0.15, 0.2) is 11.9 Å². The molecule has 0 spiro atoms. The van der Waals surface area contributed by atoms with Gasteiger partial charge in [-0.05, 0) is 56.2 Å². The largest absolute Gasteiger partial charge is 0.479 e. The minimum Gasteiger partial charge on any atom is -0.479 e. The van der Waals surface area contributed by atoms with E-state index in [4.69, 9.17) is 5.11 Å². The van der Waals surface area contributed by atoms with Gasteiger partial charge in [0.2, 0.25) is 0 Å². The zero-order valence-corrected chi connectivity index (χ0v) is 10.4. The molecule has 2 N–H and O–H groups in total.